The molecule has 4 bridgehead atoms. The fourth-order valence-electron chi connectivity index (χ4n) is 12.8. The number of phenols is 18. The number of hydrogen-bond donors (Lipinski definition) is 21. The molecule has 1 spiro atoms. The lowest BCUT2D eigenvalue weighted by atomic mass is 9.66. The minimum atomic E-state index is -3.21. The van der Waals surface area contributed by atoms with E-state index in [0.717, 1.165) is 18.2 Å². The van der Waals surface area contributed by atoms with Gasteiger partial charge in [0.25, 0.3) is 0 Å². The Morgan fingerprint density at radius 2 is 1.03 bits per heavy atom. The van der Waals surface area contributed by atoms with Gasteiger partial charge in [-0.2, -0.15) is 0 Å². The number of hydrogen-bond acceptors (Lipinski definition) is 35. The van der Waals surface area contributed by atoms with E-state index in [2.05, 4.69) is 0 Å². The number of aromatic hydroxyl groups is 18. The van der Waals surface area contributed by atoms with E-state index in [0.29, 0.717) is 30.3 Å². The molecule has 1 saturated heterocycles. The summed E-state index contributed by atoms with van der Waals surface area (Å²) < 4.78 is 48.0. The lowest BCUT2D eigenvalue weighted by Crippen LogP contribution is -2.65. The number of carboxylic acids is 1. The van der Waals surface area contributed by atoms with Gasteiger partial charge in [0, 0.05) is 63.6 Å². The van der Waals surface area contributed by atoms with Crippen LogP contribution in [0, 0.1) is 5.92 Å². The number of carboxylic acid groups (broad SMARTS) is 1. The molecule has 0 radical (unpaired) electrons. The van der Waals surface area contributed by atoms with Crippen molar-refractivity contribution in [3.63, 3.8) is 0 Å². The second kappa shape index (κ2) is 21.7. The molecule has 506 valence electrons. The highest BCUT2D eigenvalue weighted by Crippen LogP contribution is 2.67. The number of ketones is 1. The van der Waals surface area contributed by atoms with Crippen molar-refractivity contribution in [2.24, 2.45) is 5.92 Å². The van der Waals surface area contributed by atoms with E-state index in [1.807, 2.05) is 0 Å². The monoisotopic (exact) mass is 1360 g/mol. The van der Waals surface area contributed by atoms with E-state index < -0.39 is 302 Å². The van der Waals surface area contributed by atoms with Crippen LogP contribution >= 0.6 is 0 Å². The highest BCUT2D eigenvalue weighted by atomic mass is 16.6. The van der Waals surface area contributed by atoms with Crippen LogP contribution < -0.4 is 14.2 Å². The zero-order valence-corrected chi connectivity index (χ0v) is 48.2. The molecule has 98 heavy (non-hydrogen) atoms. The molecule has 5 heterocycles. The number of Topliss-reactive ketones (excluding diaryl/α,β-unsaturated/α-hetero) is 1. The van der Waals surface area contributed by atoms with Crippen molar-refractivity contribution in [2.75, 3.05) is 6.61 Å². The number of carbonyl (C=O) groups excluding carboxylic acids is 6. The second-order valence-corrected chi connectivity index (χ2v) is 22.7. The van der Waals surface area contributed by atoms with Crippen molar-refractivity contribution in [1.29, 1.82) is 0 Å². The van der Waals surface area contributed by atoms with Crippen molar-refractivity contribution in [3.8, 4) is 138 Å². The number of phenolic OH excluding ortho intramolecular Hbond substituents is 18. The quantitative estimate of drug-likeness (QED) is 0.0619. The van der Waals surface area contributed by atoms with Crippen molar-refractivity contribution < 1.29 is 179 Å². The van der Waals surface area contributed by atoms with E-state index in [9.17, 15) is 117 Å². The number of esters is 5. The van der Waals surface area contributed by atoms with Crippen LogP contribution in [0.4, 0.5) is 0 Å². The average molecular weight is 1360 g/mol. The Kier molecular flexibility index (Phi) is 14.0. The first-order valence-corrected chi connectivity index (χ1v) is 27.9. The van der Waals surface area contributed by atoms with Gasteiger partial charge in [0.2, 0.25) is 40.1 Å². The number of benzene rings is 7. The molecule has 7 aromatic carbocycles. The SMILES string of the molecule is O=C(O[C@@H]1COC(=O)c2cc(Oc3c(C(=O)O)cc(O)c(O)c3O)c(O)c(O)c2-c2c(cc(O)c(O)c2O)C(=O)O[C@H]1[C@@H]1OC(=O)c2cc(O)c(O)c(O)c2C2=C(O)C(=O)[C@@]34Oc5cc(O)c6c(c5[C@@H]3[C@@H]1OC(=O)[C@@H]24)O[C@@H](c1cc(O)c(O)c(O)c1)[C@@H](O)C6)c1cc(O)c(O)c(O)c1. The van der Waals surface area contributed by atoms with Crippen LogP contribution in [0.25, 0.3) is 16.7 Å². The van der Waals surface area contributed by atoms with E-state index in [4.69, 9.17) is 37.9 Å². The zero-order chi connectivity index (χ0) is 70.8. The fraction of sp³-hybridized carbons (Fsp3) is 0.177. The summed E-state index contributed by atoms with van der Waals surface area (Å²) in [4.78, 5) is 104. The summed E-state index contributed by atoms with van der Waals surface area (Å²) in [5.74, 6) is -48.6. The second-order valence-electron chi connectivity index (χ2n) is 22.7. The maximum atomic E-state index is 15.7. The van der Waals surface area contributed by atoms with Gasteiger partial charge in [0.15, 0.2) is 117 Å². The fourth-order valence-corrected chi connectivity index (χ4v) is 12.8. The summed E-state index contributed by atoms with van der Waals surface area (Å²) in [5, 5.41) is 231. The minimum Gasteiger partial charge on any atom is -0.507 e. The van der Waals surface area contributed by atoms with Crippen LogP contribution in [-0.2, 0) is 39.7 Å². The van der Waals surface area contributed by atoms with Gasteiger partial charge in [-0.05, 0) is 36.4 Å². The molecular formula is C62H42O36. The number of ether oxygens (including phenoxy) is 8. The number of fused-ring (bicyclic) bond motifs is 8. The first-order chi connectivity index (χ1) is 46.2. The van der Waals surface area contributed by atoms with E-state index >= 15 is 24.0 Å². The topological polar surface area (TPSA) is 618 Å². The predicted octanol–water partition coefficient (Wildman–Crippen LogP) is 3.05. The van der Waals surface area contributed by atoms with E-state index in [1.54, 1.807) is 0 Å². The maximum absolute atomic E-state index is 15.7. The molecule has 21 N–H and O–H groups in total. The molecular weight excluding hydrogens is 1320 g/mol. The van der Waals surface area contributed by atoms with Crippen LogP contribution in [0.1, 0.15) is 86.1 Å². The van der Waals surface area contributed by atoms with Gasteiger partial charge >= 0.3 is 35.8 Å². The predicted molar refractivity (Wildman–Crippen MR) is 306 cm³/mol. The lowest BCUT2D eigenvalue weighted by molar-refractivity contribution is -0.200. The highest BCUT2D eigenvalue weighted by Gasteiger charge is 2.76. The molecule has 7 aromatic rings. The van der Waals surface area contributed by atoms with Gasteiger partial charge in [-0.1, -0.05) is 0 Å². The van der Waals surface area contributed by atoms with Crippen LogP contribution in [0.5, 0.6) is 126 Å². The van der Waals surface area contributed by atoms with Gasteiger partial charge < -0.3 is 145 Å². The zero-order valence-electron chi connectivity index (χ0n) is 48.2. The molecule has 1 aliphatic carbocycles. The molecule has 36 heteroatoms. The number of aliphatic hydroxyl groups is 2. The number of aromatic carboxylic acids is 1. The van der Waals surface area contributed by atoms with Crippen LogP contribution in [-0.4, -0.2) is 192 Å². The molecule has 36 nitrogen and oxygen atoms in total. The molecule has 0 unspecified atom stereocenters. The molecule has 0 saturated carbocycles. The standard InChI is InChI=1S/C62H42O36/c63-19-10-28-34(50-14(19)5-27(71)49(94-50)12-1-20(64)38(72)21(65)2-12)36-53-54(97-60(89)16-7-25(69)41(75)45(79)33(16)35-37(61(90)96-53)62(36,98-28)55(83)47(35)81)52-30(93-57(86)13-3-22(66)39(73)23(67)4-13)11-91-58(87)17-9-29(92-51-18(56(84)85)8-26(70)42(76)48(51)82)43(77)46(80)32(17)31-15(59(88)95-52)6-24(68)40(74)44(31)78/h1-4,6-10,27,30,36-37,49,52-54,63-82H,5,11H2,(H,84,85)/t27-,30+,36+,37+,49-,52+,53-,54-,62+/m0/s1. The summed E-state index contributed by atoms with van der Waals surface area (Å²) in [6.07, 6.45) is -16.0. The summed E-state index contributed by atoms with van der Waals surface area (Å²) >= 11 is 0. The lowest BCUT2D eigenvalue weighted by Gasteiger charge is -2.47. The Morgan fingerprint density at radius 3 is 1.63 bits per heavy atom. The van der Waals surface area contributed by atoms with Crippen molar-refractivity contribution >= 4 is 47.2 Å². The molecule has 0 amide bonds. The van der Waals surface area contributed by atoms with Gasteiger partial charge in [-0.3, -0.25) is 9.59 Å². The summed E-state index contributed by atoms with van der Waals surface area (Å²) in [6.45, 7) is -1.75. The van der Waals surface area contributed by atoms with Crippen molar-refractivity contribution in [2.45, 2.75) is 54.6 Å². The number of aliphatic hydroxyl groups excluding tert-OH is 2. The first kappa shape index (κ1) is 63.1. The molecule has 6 aliphatic rings. The van der Waals surface area contributed by atoms with Gasteiger partial charge in [-0.15, -0.1) is 0 Å². The smallest absolute Gasteiger partial charge is 0.339 e. The van der Waals surface area contributed by atoms with Crippen molar-refractivity contribution in [1.82, 2.24) is 0 Å². The van der Waals surface area contributed by atoms with Gasteiger partial charge in [-0.25, -0.2) is 24.0 Å². The summed E-state index contributed by atoms with van der Waals surface area (Å²) in [5.41, 5.74) is -15.8. The maximum Gasteiger partial charge on any atom is 0.339 e. The van der Waals surface area contributed by atoms with Crippen molar-refractivity contribution in [3.05, 3.63) is 110 Å². The third kappa shape index (κ3) is 8.97. The third-order valence-corrected chi connectivity index (χ3v) is 17.2. The Morgan fingerprint density at radius 1 is 0.510 bits per heavy atom. The molecule has 9 atom stereocenters. The Balaban J connectivity index is 1.07. The van der Waals surface area contributed by atoms with Gasteiger partial charge in [0.05, 0.1) is 34.3 Å². The van der Waals surface area contributed by atoms with E-state index in [1.165, 1.54) is 0 Å². The Bertz CT molecular complexity index is 4850. The van der Waals surface area contributed by atoms with Gasteiger partial charge in [0.1, 0.15) is 35.3 Å². The normalized spacial score (nSPS) is 22.7. The first-order valence-electron chi connectivity index (χ1n) is 27.9. The highest BCUT2D eigenvalue weighted by molar-refractivity contribution is 6.21. The number of rotatable bonds is 7. The minimum absolute atomic E-state index is 0.230. The van der Waals surface area contributed by atoms with Crippen LogP contribution in [0.2, 0.25) is 0 Å². The number of cyclic esters (lactones) is 3. The number of carbonyl (C=O) groups is 7. The third-order valence-electron chi connectivity index (χ3n) is 17.2. The molecule has 0 aromatic heterocycles. The van der Waals surface area contributed by atoms with Crippen LogP contribution in [0.3, 0.4) is 0 Å². The molecule has 1 fully saturated rings. The molecule has 13 rings (SSSR count). The summed E-state index contributed by atoms with van der Waals surface area (Å²) in [6, 6.07) is 4.51. The Labute approximate surface area is 539 Å². The average Bonchev–Trinajstić information content (AvgIpc) is 1.48. The Hall–Kier alpha value is -13.7. The molecule has 5 aliphatic heterocycles. The van der Waals surface area contributed by atoms with E-state index in [-0.39, 0.29) is 11.6 Å². The largest absolute Gasteiger partial charge is 0.507 e. The van der Waals surface area contributed by atoms with Crippen LogP contribution in [0.15, 0.2) is 60.4 Å². The summed E-state index contributed by atoms with van der Waals surface area (Å²) in [7, 11) is 0.